The molecule has 2 nitrogen and oxygen atoms in total. The lowest BCUT2D eigenvalue weighted by atomic mass is 9.74. The molecule has 2 rings (SSSR count). The van der Waals surface area contributed by atoms with Crippen molar-refractivity contribution < 1.29 is 10.2 Å². The van der Waals surface area contributed by atoms with E-state index in [9.17, 15) is 10.2 Å². The molecule has 2 radical (unpaired) electrons. The van der Waals surface area contributed by atoms with Crippen LogP contribution in [0.15, 0.2) is 34.8 Å². The van der Waals surface area contributed by atoms with Gasteiger partial charge in [0, 0.05) is 5.92 Å². The Morgan fingerprint density at radius 1 is 1.13 bits per heavy atom. The van der Waals surface area contributed by atoms with Crippen LogP contribution in [0.4, 0.5) is 0 Å². The zero-order valence-electron chi connectivity index (χ0n) is 14.7. The van der Waals surface area contributed by atoms with Gasteiger partial charge in [0.1, 0.15) is 7.85 Å². The summed E-state index contributed by atoms with van der Waals surface area (Å²) in [5.74, 6) is 0.552. The van der Waals surface area contributed by atoms with Gasteiger partial charge in [-0.05, 0) is 50.9 Å². The molecule has 0 aliphatic heterocycles. The average molecular weight is 314 g/mol. The van der Waals surface area contributed by atoms with Crippen molar-refractivity contribution in [3.05, 3.63) is 34.8 Å². The summed E-state index contributed by atoms with van der Waals surface area (Å²) in [6.45, 7) is 4.24. The monoisotopic (exact) mass is 314 g/mol. The van der Waals surface area contributed by atoms with E-state index in [2.05, 4.69) is 19.9 Å². The molecule has 3 unspecified atom stereocenters. The highest BCUT2D eigenvalue weighted by Gasteiger charge is 2.23. The van der Waals surface area contributed by atoms with Crippen LogP contribution < -0.4 is 0 Å². The second kappa shape index (κ2) is 8.89. The van der Waals surface area contributed by atoms with Crippen LogP contribution in [0, 0.1) is 11.8 Å². The number of hydrogen-bond acceptors (Lipinski definition) is 2. The number of unbranched alkanes of at least 4 members (excludes halogenated alkanes) is 2. The molecular weight excluding hydrogens is 283 g/mol. The highest BCUT2D eigenvalue weighted by atomic mass is 16.3. The van der Waals surface area contributed by atoms with E-state index in [1.54, 1.807) is 0 Å². The molecule has 0 amide bonds. The second-order valence-electron chi connectivity index (χ2n) is 7.48. The minimum atomic E-state index is -0.392. The molecule has 0 aromatic carbocycles. The quantitative estimate of drug-likeness (QED) is 0.423. The first-order valence-corrected chi connectivity index (χ1v) is 9.19. The van der Waals surface area contributed by atoms with Crippen molar-refractivity contribution in [3.8, 4) is 0 Å². The van der Waals surface area contributed by atoms with E-state index in [1.807, 2.05) is 12.2 Å². The Hall–Kier alpha value is -0.795. The third kappa shape index (κ3) is 5.65. The molecule has 0 fully saturated rings. The first kappa shape index (κ1) is 18.5. The lowest BCUT2D eigenvalue weighted by Gasteiger charge is -2.28. The summed E-state index contributed by atoms with van der Waals surface area (Å²) in [6, 6.07) is 0. The summed E-state index contributed by atoms with van der Waals surface area (Å²) >= 11 is 0. The van der Waals surface area contributed by atoms with Crippen LogP contribution in [-0.2, 0) is 0 Å². The van der Waals surface area contributed by atoms with Crippen molar-refractivity contribution in [1.82, 2.24) is 0 Å². The van der Waals surface area contributed by atoms with Crippen LogP contribution >= 0.6 is 0 Å². The van der Waals surface area contributed by atoms with Crippen molar-refractivity contribution >= 4 is 7.85 Å². The smallest absolute Gasteiger partial charge is 0.113 e. The van der Waals surface area contributed by atoms with Gasteiger partial charge < -0.3 is 10.2 Å². The fourth-order valence-corrected chi connectivity index (χ4v) is 3.59. The zero-order valence-corrected chi connectivity index (χ0v) is 14.7. The summed E-state index contributed by atoms with van der Waals surface area (Å²) in [7, 11) is 6.16. The molecule has 23 heavy (non-hydrogen) atoms. The molecule has 0 aromatic heterocycles. The fraction of sp³-hybridized carbons (Fsp3) is 0.700. The summed E-state index contributed by atoms with van der Waals surface area (Å²) in [6.07, 6.45) is 14.2. The summed E-state index contributed by atoms with van der Waals surface area (Å²) < 4.78 is 0. The van der Waals surface area contributed by atoms with E-state index >= 15 is 0 Å². The molecule has 126 valence electrons. The number of aliphatic hydroxyl groups excluding tert-OH is 2. The minimum Gasteiger partial charge on any atom is -0.393 e. The molecule has 0 spiro atoms. The third-order valence-corrected chi connectivity index (χ3v) is 5.20. The van der Waals surface area contributed by atoms with E-state index in [0.717, 1.165) is 49.6 Å². The maximum Gasteiger partial charge on any atom is 0.113 e. The SMILES string of the molecule is [B]C1=CC(C(C)C)C(O)C=C1CCCCCC1=CCC(O)CC1. The van der Waals surface area contributed by atoms with Gasteiger partial charge in [-0.1, -0.05) is 55.1 Å². The molecule has 0 heterocycles. The van der Waals surface area contributed by atoms with Crippen LogP contribution in [0.3, 0.4) is 0 Å². The Kier molecular flexibility index (Phi) is 7.17. The van der Waals surface area contributed by atoms with E-state index in [1.165, 1.54) is 18.4 Å². The first-order valence-electron chi connectivity index (χ1n) is 9.19. The van der Waals surface area contributed by atoms with Gasteiger partial charge >= 0.3 is 0 Å². The average Bonchev–Trinajstić information content (AvgIpc) is 2.51. The molecule has 3 heteroatoms. The highest BCUT2D eigenvalue weighted by molar-refractivity contribution is 6.24. The normalized spacial score (nSPS) is 28.4. The molecule has 2 aliphatic rings. The maximum absolute atomic E-state index is 10.2. The van der Waals surface area contributed by atoms with Crippen molar-refractivity contribution in [2.45, 2.75) is 77.4 Å². The first-order chi connectivity index (χ1) is 11.0. The van der Waals surface area contributed by atoms with Gasteiger partial charge in [0.05, 0.1) is 12.2 Å². The van der Waals surface area contributed by atoms with Gasteiger partial charge in [-0.25, -0.2) is 0 Å². The van der Waals surface area contributed by atoms with Crippen LogP contribution in [0.1, 0.15) is 65.2 Å². The minimum absolute atomic E-state index is 0.118. The van der Waals surface area contributed by atoms with E-state index < -0.39 is 6.10 Å². The predicted molar refractivity (Wildman–Crippen MR) is 97.3 cm³/mol. The summed E-state index contributed by atoms with van der Waals surface area (Å²) in [5.41, 5.74) is 3.49. The van der Waals surface area contributed by atoms with Gasteiger partial charge in [0.15, 0.2) is 0 Å². The topological polar surface area (TPSA) is 40.5 Å². The van der Waals surface area contributed by atoms with E-state index in [0.29, 0.717) is 5.92 Å². The van der Waals surface area contributed by atoms with Gasteiger partial charge in [-0.2, -0.15) is 0 Å². The molecule has 0 bridgehead atoms. The number of allylic oxidation sites excluding steroid dienone is 3. The Labute approximate surface area is 142 Å². The molecule has 0 aromatic rings. The molecule has 3 atom stereocenters. The Bertz CT molecular complexity index is 476. The van der Waals surface area contributed by atoms with Gasteiger partial charge in [-0.15, -0.1) is 0 Å². The molecule has 0 saturated carbocycles. The highest BCUT2D eigenvalue weighted by Crippen LogP contribution is 2.30. The lowest BCUT2D eigenvalue weighted by Crippen LogP contribution is -2.25. The number of rotatable bonds is 7. The molecule has 0 saturated heterocycles. The van der Waals surface area contributed by atoms with Crippen LogP contribution in [-0.4, -0.2) is 30.3 Å². The van der Waals surface area contributed by atoms with Crippen molar-refractivity contribution in [3.63, 3.8) is 0 Å². The Balaban J connectivity index is 1.68. The second-order valence-corrected chi connectivity index (χ2v) is 7.48. The van der Waals surface area contributed by atoms with Crippen molar-refractivity contribution in [2.75, 3.05) is 0 Å². The van der Waals surface area contributed by atoms with Gasteiger partial charge in [-0.3, -0.25) is 0 Å². The summed E-state index contributed by atoms with van der Waals surface area (Å²) in [4.78, 5) is 0. The number of aliphatic hydroxyl groups is 2. The molecule has 2 aliphatic carbocycles. The fourth-order valence-electron chi connectivity index (χ4n) is 3.59. The van der Waals surface area contributed by atoms with E-state index in [4.69, 9.17) is 7.85 Å². The van der Waals surface area contributed by atoms with Crippen LogP contribution in [0.25, 0.3) is 0 Å². The van der Waals surface area contributed by atoms with Crippen LogP contribution in [0.5, 0.6) is 0 Å². The van der Waals surface area contributed by atoms with Crippen LogP contribution in [0.2, 0.25) is 0 Å². The standard InChI is InChI=1S/C20H31BO2/c1-14(2)18-13-19(21)16(12-20(18)23)7-5-3-4-6-15-8-10-17(22)11-9-15/h8,12-14,17-18,20,22-23H,3-7,9-11H2,1-2H3. The molecule has 2 N–H and O–H groups in total. The Morgan fingerprint density at radius 2 is 1.87 bits per heavy atom. The van der Waals surface area contributed by atoms with Crippen molar-refractivity contribution in [2.24, 2.45) is 11.8 Å². The third-order valence-electron chi connectivity index (χ3n) is 5.20. The van der Waals surface area contributed by atoms with Crippen molar-refractivity contribution in [1.29, 1.82) is 0 Å². The largest absolute Gasteiger partial charge is 0.393 e. The Morgan fingerprint density at radius 3 is 2.52 bits per heavy atom. The summed E-state index contributed by atoms with van der Waals surface area (Å²) in [5, 5.41) is 19.7. The predicted octanol–water partition coefficient (Wildman–Crippen LogP) is 4.03. The van der Waals surface area contributed by atoms with Gasteiger partial charge in [0.2, 0.25) is 0 Å². The van der Waals surface area contributed by atoms with E-state index in [-0.39, 0.29) is 12.0 Å². The lowest BCUT2D eigenvalue weighted by molar-refractivity contribution is 0.147. The van der Waals surface area contributed by atoms with Gasteiger partial charge in [0.25, 0.3) is 0 Å². The number of hydrogen-bond donors (Lipinski definition) is 2. The zero-order chi connectivity index (χ0) is 16.8. The molecular formula is C20H31BO2. The maximum atomic E-state index is 10.2.